The molecular weight excluding hydrogens is 176 g/mol. The SMILES string of the molecule is COCCCC(=O)C1(C)CCCCC1. The molecule has 0 N–H and O–H groups in total. The lowest BCUT2D eigenvalue weighted by atomic mass is 9.72. The molecule has 0 spiro atoms. The fraction of sp³-hybridized carbons (Fsp3) is 0.917. The van der Waals surface area contributed by atoms with Crippen LogP contribution >= 0.6 is 0 Å². The van der Waals surface area contributed by atoms with Crippen LogP contribution in [0.5, 0.6) is 0 Å². The molecule has 1 saturated carbocycles. The van der Waals surface area contributed by atoms with E-state index < -0.39 is 0 Å². The van der Waals surface area contributed by atoms with Crippen LogP contribution in [0.15, 0.2) is 0 Å². The van der Waals surface area contributed by atoms with Crippen molar-refractivity contribution in [1.29, 1.82) is 0 Å². The summed E-state index contributed by atoms with van der Waals surface area (Å²) in [5.74, 6) is 0.453. The lowest BCUT2D eigenvalue weighted by molar-refractivity contribution is -0.129. The number of hydrogen-bond donors (Lipinski definition) is 0. The van der Waals surface area contributed by atoms with E-state index in [0.29, 0.717) is 18.8 Å². The summed E-state index contributed by atoms with van der Waals surface area (Å²) >= 11 is 0. The number of ether oxygens (including phenoxy) is 1. The molecule has 0 heterocycles. The number of hydrogen-bond acceptors (Lipinski definition) is 2. The third-order valence-electron chi connectivity index (χ3n) is 3.38. The first-order valence-electron chi connectivity index (χ1n) is 5.71. The Morgan fingerprint density at radius 3 is 2.50 bits per heavy atom. The first-order valence-corrected chi connectivity index (χ1v) is 5.71. The third kappa shape index (κ3) is 3.09. The largest absolute Gasteiger partial charge is 0.385 e. The van der Waals surface area contributed by atoms with E-state index in [-0.39, 0.29) is 5.41 Å². The van der Waals surface area contributed by atoms with Gasteiger partial charge in [-0.05, 0) is 19.3 Å². The van der Waals surface area contributed by atoms with Crippen molar-refractivity contribution in [2.75, 3.05) is 13.7 Å². The van der Waals surface area contributed by atoms with Crippen LogP contribution < -0.4 is 0 Å². The van der Waals surface area contributed by atoms with E-state index in [4.69, 9.17) is 4.74 Å². The molecule has 0 aromatic heterocycles. The van der Waals surface area contributed by atoms with Crippen LogP contribution in [0.2, 0.25) is 0 Å². The zero-order chi connectivity index (χ0) is 10.4. The van der Waals surface area contributed by atoms with E-state index >= 15 is 0 Å². The van der Waals surface area contributed by atoms with Gasteiger partial charge in [-0.15, -0.1) is 0 Å². The standard InChI is InChI=1S/C12H22O2/c1-12(8-4-3-5-9-12)11(13)7-6-10-14-2/h3-10H2,1-2H3. The average molecular weight is 198 g/mol. The third-order valence-corrected chi connectivity index (χ3v) is 3.38. The molecule has 1 aliphatic rings. The molecule has 0 saturated heterocycles. The maximum absolute atomic E-state index is 11.9. The average Bonchev–Trinajstić information content (AvgIpc) is 2.19. The van der Waals surface area contributed by atoms with Gasteiger partial charge in [-0.3, -0.25) is 4.79 Å². The molecule has 2 heteroatoms. The predicted molar refractivity (Wildman–Crippen MR) is 57.3 cm³/mol. The summed E-state index contributed by atoms with van der Waals surface area (Å²) in [4.78, 5) is 11.9. The molecule has 0 atom stereocenters. The van der Waals surface area contributed by atoms with Crippen molar-refractivity contribution in [2.45, 2.75) is 51.9 Å². The molecule has 1 rings (SSSR count). The molecule has 2 nitrogen and oxygen atoms in total. The Morgan fingerprint density at radius 1 is 1.29 bits per heavy atom. The topological polar surface area (TPSA) is 26.3 Å². The van der Waals surface area contributed by atoms with Crippen molar-refractivity contribution in [2.24, 2.45) is 5.41 Å². The highest BCUT2D eigenvalue weighted by atomic mass is 16.5. The van der Waals surface area contributed by atoms with Crippen LogP contribution in [0.25, 0.3) is 0 Å². The van der Waals surface area contributed by atoms with Gasteiger partial charge in [0.25, 0.3) is 0 Å². The van der Waals surface area contributed by atoms with Gasteiger partial charge in [-0.1, -0.05) is 26.2 Å². The zero-order valence-electron chi connectivity index (χ0n) is 9.47. The van der Waals surface area contributed by atoms with Crippen LogP contribution in [-0.2, 0) is 9.53 Å². The molecule has 0 aliphatic heterocycles. The van der Waals surface area contributed by atoms with Gasteiger partial charge in [0.05, 0.1) is 0 Å². The fourth-order valence-corrected chi connectivity index (χ4v) is 2.29. The molecule has 1 fully saturated rings. The summed E-state index contributed by atoms with van der Waals surface area (Å²) in [6.45, 7) is 2.85. The van der Waals surface area contributed by atoms with Gasteiger partial charge in [0, 0.05) is 25.6 Å². The Bertz CT molecular complexity index is 181. The Balaban J connectivity index is 2.33. The molecule has 0 amide bonds. The van der Waals surface area contributed by atoms with Crippen LogP contribution in [0, 0.1) is 5.41 Å². The van der Waals surface area contributed by atoms with Crippen molar-refractivity contribution < 1.29 is 9.53 Å². The van der Waals surface area contributed by atoms with Crippen molar-refractivity contribution in [3.8, 4) is 0 Å². The molecule has 1 aliphatic carbocycles. The quantitative estimate of drug-likeness (QED) is 0.635. The maximum Gasteiger partial charge on any atom is 0.138 e. The van der Waals surface area contributed by atoms with Crippen molar-refractivity contribution >= 4 is 5.78 Å². The second-order valence-electron chi connectivity index (χ2n) is 4.64. The molecule has 0 bridgehead atoms. The van der Waals surface area contributed by atoms with Gasteiger partial charge in [0.1, 0.15) is 5.78 Å². The minimum Gasteiger partial charge on any atom is -0.385 e. The lowest BCUT2D eigenvalue weighted by Crippen LogP contribution is -2.30. The number of Topliss-reactive ketones (excluding diaryl/α,β-unsaturated/α-hetero) is 1. The molecule has 0 aromatic rings. The minimum absolute atomic E-state index is 0.00795. The Kier molecular flexibility index (Phi) is 4.59. The summed E-state index contributed by atoms with van der Waals surface area (Å²) in [5.41, 5.74) is -0.00795. The van der Waals surface area contributed by atoms with E-state index in [0.717, 1.165) is 19.3 Å². The van der Waals surface area contributed by atoms with Crippen molar-refractivity contribution in [3.05, 3.63) is 0 Å². The normalized spacial score (nSPS) is 20.7. The lowest BCUT2D eigenvalue weighted by Gasteiger charge is -2.32. The Labute approximate surface area is 87.0 Å². The summed E-state index contributed by atoms with van der Waals surface area (Å²) < 4.78 is 4.96. The van der Waals surface area contributed by atoms with Gasteiger partial charge in [0.15, 0.2) is 0 Å². The molecule has 82 valence electrons. The van der Waals surface area contributed by atoms with E-state index in [1.165, 1.54) is 19.3 Å². The van der Waals surface area contributed by atoms with Crippen LogP contribution in [-0.4, -0.2) is 19.5 Å². The number of carbonyl (C=O) groups is 1. The number of carbonyl (C=O) groups excluding carboxylic acids is 1. The smallest absolute Gasteiger partial charge is 0.138 e. The summed E-state index contributed by atoms with van der Waals surface area (Å²) in [5, 5.41) is 0. The van der Waals surface area contributed by atoms with Crippen LogP contribution in [0.1, 0.15) is 51.9 Å². The molecule has 0 radical (unpaired) electrons. The second kappa shape index (κ2) is 5.50. The summed E-state index contributed by atoms with van der Waals surface area (Å²) in [6, 6.07) is 0. The van der Waals surface area contributed by atoms with E-state index in [2.05, 4.69) is 6.92 Å². The van der Waals surface area contributed by atoms with Crippen LogP contribution in [0.3, 0.4) is 0 Å². The highest BCUT2D eigenvalue weighted by Crippen LogP contribution is 2.37. The fourth-order valence-electron chi connectivity index (χ4n) is 2.29. The first kappa shape index (κ1) is 11.7. The number of methoxy groups -OCH3 is 1. The molecule has 14 heavy (non-hydrogen) atoms. The molecule has 0 unspecified atom stereocenters. The maximum atomic E-state index is 11.9. The molecular formula is C12H22O2. The highest BCUT2D eigenvalue weighted by molar-refractivity contribution is 5.84. The zero-order valence-corrected chi connectivity index (χ0v) is 9.47. The van der Waals surface area contributed by atoms with Gasteiger partial charge >= 0.3 is 0 Å². The van der Waals surface area contributed by atoms with E-state index in [1.54, 1.807) is 7.11 Å². The minimum atomic E-state index is -0.00795. The van der Waals surface area contributed by atoms with Gasteiger partial charge in [-0.2, -0.15) is 0 Å². The first-order chi connectivity index (χ1) is 6.69. The van der Waals surface area contributed by atoms with Crippen molar-refractivity contribution in [3.63, 3.8) is 0 Å². The van der Waals surface area contributed by atoms with Crippen molar-refractivity contribution in [1.82, 2.24) is 0 Å². The Hall–Kier alpha value is -0.370. The van der Waals surface area contributed by atoms with Gasteiger partial charge < -0.3 is 4.74 Å². The predicted octanol–water partition coefficient (Wildman–Crippen LogP) is 2.95. The number of rotatable bonds is 5. The van der Waals surface area contributed by atoms with E-state index in [9.17, 15) is 4.79 Å². The van der Waals surface area contributed by atoms with Gasteiger partial charge in [0.2, 0.25) is 0 Å². The molecule has 0 aromatic carbocycles. The Morgan fingerprint density at radius 2 is 1.93 bits per heavy atom. The summed E-state index contributed by atoms with van der Waals surface area (Å²) in [7, 11) is 1.69. The van der Waals surface area contributed by atoms with E-state index in [1.807, 2.05) is 0 Å². The monoisotopic (exact) mass is 198 g/mol. The second-order valence-corrected chi connectivity index (χ2v) is 4.64. The van der Waals surface area contributed by atoms with Gasteiger partial charge in [-0.25, -0.2) is 0 Å². The van der Waals surface area contributed by atoms with Crippen LogP contribution in [0.4, 0.5) is 0 Å². The highest BCUT2D eigenvalue weighted by Gasteiger charge is 2.33. The number of ketones is 1. The summed E-state index contributed by atoms with van der Waals surface area (Å²) in [6.07, 6.45) is 7.53.